The number of carbonyl (C=O) groups excluding carboxylic acids is 2. The molecule has 1 aromatic carbocycles. The molecule has 5 heteroatoms. The zero-order valence-electron chi connectivity index (χ0n) is 9.60. The minimum atomic E-state index is -0.441. The molecule has 5 nitrogen and oxygen atoms in total. The van der Waals surface area contributed by atoms with Crippen LogP contribution in [0.4, 0.5) is 5.69 Å². The maximum absolute atomic E-state index is 11.1. The highest BCUT2D eigenvalue weighted by atomic mass is 16.5. The molecule has 0 atom stereocenters. The third-order valence-corrected chi connectivity index (χ3v) is 1.98. The van der Waals surface area contributed by atoms with Crippen molar-refractivity contribution in [3.63, 3.8) is 0 Å². The first-order valence-electron chi connectivity index (χ1n) is 4.87. The fraction of sp³-hybridized carbons (Fsp3) is 0.167. The quantitative estimate of drug-likeness (QED) is 0.634. The summed E-state index contributed by atoms with van der Waals surface area (Å²) in [7, 11) is 2.63. The van der Waals surface area contributed by atoms with Crippen molar-refractivity contribution in [3.8, 4) is 0 Å². The van der Waals surface area contributed by atoms with Crippen molar-refractivity contribution in [1.29, 1.82) is 0 Å². The van der Waals surface area contributed by atoms with Crippen LogP contribution in [0.15, 0.2) is 36.5 Å². The first-order valence-corrected chi connectivity index (χ1v) is 4.87. The first kappa shape index (κ1) is 12.8. The van der Waals surface area contributed by atoms with Gasteiger partial charge < -0.3 is 14.8 Å². The third-order valence-electron chi connectivity index (χ3n) is 1.98. The van der Waals surface area contributed by atoms with Gasteiger partial charge in [-0.15, -0.1) is 0 Å². The molecule has 0 aliphatic carbocycles. The molecule has 1 rings (SSSR count). The summed E-state index contributed by atoms with van der Waals surface area (Å²) in [4.78, 5) is 21.9. The molecule has 0 aromatic heterocycles. The molecule has 0 fully saturated rings. The number of anilines is 1. The normalized spacial score (nSPS) is 10.0. The lowest BCUT2D eigenvalue weighted by Crippen LogP contribution is -2.01. The number of nitrogens with one attached hydrogen (secondary N) is 1. The van der Waals surface area contributed by atoms with Crippen LogP contribution in [0.2, 0.25) is 0 Å². The van der Waals surface area contributed by atoms with Crippen LogP contribution in [0.3, 0.4) is 0 Å². The maximum atomic E-state index is 11.1. The highest BCUT2D eigenvalue weighted by molar-refractivity contribution is 5.89. The topological polar surface area (TPSA) is 64.6 Å². The summed E-state index contributed by atoms with van der Waals surface area (Å²) in [6.07, 6.45) is 2.72. The van der Waals surface area contributed by atoms with Gasteiger partial charge in [-0.25, -0.2) is 9.59 Å². The summed E-state index contributed by atoms with van der Waals surface area (Å²) >= 11 is 0. The Kier molecular flexibility index (Phi) is 4.75. The molecule has 1 aromatic rings. The lowest BCUT2D eigenvalue weighted by atomic mass is 10.2. The Morgan fingerprint density at radius 2 is 1.76 bits per heavy atom. The molecule has 17 heavy (non-hydrogen) atoms. The third kappa shape index (κ3) is 3.98. The lowest BCUT2D eigenvalue weighted by Gasteiger charge is -2.02. The van der Waals surface area contributed by atoms with Gasteiger partial charge in [0.25, 0.3) is 0 Å². The highest BCUT2D eigenvalue weighted by Crippen LogP contribution is 2.10. The number of methoxy groups -OCH3 is 2. The molecule has 0 heterocycles. The van der Waals surface area contributed by atoms with E-state index in [-0.39, 0.29) is 5.97 Å². The SMILES string of the molecule is COC(=O)/C=C\Nc1ccc(C(=O)OC)cc1. The summed E-state index contributed by atoms with van der Waals surface area (Å²) in [5.74, 6) is -0.828. The molecule has 0 spiro atoms. The summed E-state index contributed by atoms with van der Waals surface area (Å²) in [5, 5.41) is 2.86. The predicted octanol–water partition coefficient (Wildman–Crippen LogP) is 1.57. The van der Waals surface area contributed by atoms with Crippen LogP contribution in [-0.2, 0) is 14.3 Å². The van der Waals surface area contributed by atoms with E-state index < -0.39 is 5.97 Å². The molecule has 0 bridgehead atoms. The maximum Gasteiger partial charge on any atom is 0.337 e. The van der Waals surface area contributed by atoms with E-state index in [4.69, 9.17) is 0 Å². The van der Waals surface area contributed by atoms with Gasteiger partial charge in [0.05, 0.1) is 19.8 Å². The van der Waals surface area contributed by atoms with Gasteiger partial charge in [-0.3, -0.25) is 0 Å². The van der Waals surface area contributed by atoms with Crippen LogP contribution in [-0.4, -0.2) is 26.2 Å². The Hall–Kier alpha value is -2.30. The zero-order chi connectivity index (χ0) is 12.7. The second-order valence-electron chi connectivity index (χ2n) is 3.07. The number of ether oxygens (including phenoxy) is 2. The van der Waals surface area contributed by atoms with E-state index in [9.17, 15) is 9.59 Å². The van der Waals surface area contributed by atoms with Crippen LogP contribution in [0.25, 0.3) is 0 Å². The van der Waals surface area contributed by atoms with Crippen molar-refractivity contribution >= 4 is 17.6 Å². The fourth-order valence-corrected chi connectivity index (χ4v) is 1.09. The van der Waals surface area contributed by atoms with Crippen molar-refractivity contribution in [2.75, 3.05) is 19.5 Å². The van der Waals surface area contributed by atoms with E-state index in [0.717, 1.165) is 5.69 Å². The lowest BCUT2D eigenvalue weighted by molar-refractivity contribution is -0.134. The molecule has 0 radical (unpaired) electrons. The van der Waals surface area contributed by atoms with Crippen LogP contribution in [0, 0.1) is 0 Å². The number of hydrogen-bond donors (Lipinski definition) is 1. The molecule has 0 unspecified atom stereocenters. The average Bonchev–Trinajstić information content (AvgIpc) is 2.38. The predicted molar refractivity (Wildman–Crippen MR) is 62.6 cm³/mol. The Labute approximate surface area is 99.0 Å². The molecule has 0 aliphatic rings. The minimum Gasteiger partial charge on any atom is -0.466 e. The van der Waals surface area contributed by atoms with Gasteiger partial charge in [-0.05, 0) is 24.3 Å². The molecular weight excluding hydrogens is 222 g/mol. The van der Waals surface area contributed by atoms with Crippen molar-refractivity contribution in [2.45, 2.75) is 0 Å². The van der Waals surface area contributed by atoms with Gasteiger partial charge in [-0.1, -0.05) is 0 Å². The smallest absolute Gasteiger partial charge is 0.337 e. The van der Waals surface area contributed by atoms with Crippen molar-refractivity contribution in [3.05, 3.63) is 42.1 Å². The molecular formula is C12H13NO4. The van der Waals surface area contributed by atoms with Crippen molar-refractivity contribution in [2.24, 2.45) is 0 Å². The molecule has 0 saturated heterocycles. The van der Waals surface area contributed by atoms with E-state index in [0.29, 0.717) is 5.56 Å². The first-order chi connectivity index (χ1) is 8.17. The van der Waals surface area contributed by atoms with Gasteiger partial charge in [0, 0.05) is 18.0 Å². The van der Waals surface area contributed by atoms with Crippen LogP contribution >= 0.6 is 0 Å². The van der Waals surface area contributed by atoms with E-state index in [1.807, 2.05) is 0 Å². The summed E-state index contributed by atoms with van der Waals surface area (Å²) in [5.41, 5.74) is 1.22. The summed E-state index contributed by atoms with van der Waals surface area (Å²) in [6.45, 7) is 0. The summed E-state index contributed by atoms with van der Waals surface area (Å²) in [6, 6.07) is 6.65. The van der Waals surface area contributed by atoms with E-state index in [1.54, 1.807) is 24.3 Å². The molecule has 0 saturated carbocycles. The van der Waals surface area contributed by atoms with E-state index in [1.165, 1.54) is 26.5 Å². The number of benzene rings is 1. The van der Waals surface area contributed by atoms with Gasteiger partial charge in [-0.2, -0.15) is 0 Å². The second-order valence-corrected chi connectivity index (χ2v) is 3.07. The van der Waals surface area contributed by atoms with Gasteiger partial charge in [0.1, 0.15) is 0 Å². The van der Waals surface area contributed by atoms with Gasteiger partial charge in [0.15, 0.2) is 0 Å². The van der Waals surface area contributed by atoms with Crippen molar-refractivity contribution in [1.82, 2.24) is 0 Å². The summed E-state index contributed by atoms with van der Waals surface area (Å²) < 4.78 is 9.00. The Morgan fingerprint density at radius 3 is 2.29 bits per heavy atom. The highest BCUT2D eigenvalue weighted by Gasteiger charge is 2.03. The standard InChI is InChI=1S/C12H13NO4/c1-16-11(14)7-8-13-10-5-3-9(4-6-10)12(15)17-2/h3-8,13H,1-2H3/b8-7-. The minimum absolute atomic E-state index is 0.387. The monoisotopic (exact) mass is 235 g/mol. The largest absolute Gasteiger partial charge is 0.466 e. The molecule has 0 aliphatic heterocycles. The van der Waals surface area contributed by atoms with Gasteiger partial charge >= 0.3 is 11.9 Å². The Morgan fingerprint density at radius 1 is 1.12 bits per heavy atom. The van der Waals surface area contributed by atoms with Gasteiger partial charge in [0.2, 0.25) is 0 Å². The Bertz CT molecular complexity index is 423. The number of carbonyl (C=O) groups is 2. The van der Waals surface area contributed by atoms with Crippen molar-refractivity contribution < 1.29 is 19.1 Å². The average molecular weight is 235 g/mol. The van der Waals surface area contributed by atoms with E-state index in [2.05, 4.69) is 14.8 Å². The van der Waals surface area contributed by atoms with Crippen LogP contribution < -0.4 is 5.32 Å². The Balaban J connectivity index is 2.60. The van der Waals surface area contributed by atoms with Crippen LogP contribution in [0.1, 0.15) is 10.4 Å². The fourth-order valence-electron chi connectivity index (χ4n) is 1.09. The molecule has 0 amide bonds. The number of hydrogen-bond acceptors (Lipinski definition) is 5. The number of rotatable bonds is 4. The van der Waals surface area contributed by atoms with E-state index >= 15 is 0 Å². The molecule has 90 valence electrons. The van der Waals surface area contributed by atoms with Crippen LogP contribution in [0.5, 0.6) is 0 Å². The molecule has 1 N–H and O–H groups in total. The zero-order valence-corrected chi connectivity index (χ0v) is 9.60. The second kappa shape index (κ2) is 6.32. The number of esters is 2.